The van der Waals surface area contributed by atoms with Crippen LogP contribution >= 0.6 is 0 Å². The van der Waals surface area contributed by atoms with Gasteiger partial charge in [0.1, 0.15) is 0 Å². The van der Waals surface area contributed by atoms with E-state index in [0.29, 0.717) is 12.8 Å². The number of carboxylic acid groups (broad SMARTS) is 1. The van der Waals surface area contributed by atoms with Crippen molar-refractivity contribution in [2.24, 2.45) is 0 Å². The van der Waals surface area contributed by atoms with Gasteiger partial charge in [0.25, 0.3) is 0 Å². The number of rotatable bonds is 8. The van der Waals surface area contributed by atoms with E-state index in [2.05, 4.69) is 10.3 Å². The van der Waals surface area contributed by atoms with Gasteiger partial charge in [-0.15, -0.1) is 0 Å². The molecule has 1 amide bonds. The number of carboxylic acids is 1. The molecule has 1 aromatic heterocycles. The molecule has 0 aliphatic carbocycles. The van der Waals surface area contributed by atoms with Crippen LogP contribution in [0.1, 0.15) is 37.8 Å². The van der Waals surface area contributed by atoms with E-state index in [1.165, 1.54) is 0 Å². The molecular weight excluding hydrogens is 316 g/mol. The minimum absolute atomic E-state index is 0.0189. The van der Waals surface area contributed by atoms with Crippen LogP contribution in [0, 0.1) is 0 Å². The van der Waals surface area contributed by atoms with E-state index in [1.807, 2.05) is 50.2 Å². The highest BCUT2D eigenvalue weighted by molar-refractivity contribution is 5.87. The highest BCUT2D eigenvalue weighted by Gasteiger charge is 2.31. The van der Waals surface area contributed by atoms with Crippen LogP contribution in [0.25, 0.3) is 0 Å². The first-order valence-corrected chi connectivity index (χ1v) is 8.37. The zero-order chi connectivity index (χ0) is 18.3. The van der Waals surface area contributed by atoms with Crippen molar-refractivity contribution in [3.8, 4) is 0 Å². The molecule has 0 fully saturated rings. The standard InChI is InChI=1S/C20H24N2O3/c1-20(2,16-9-6-12-21-14-16)19(25)22-17(10-11-18(23)24)13-15-7-4-3-5-8-15/h3-9,12,14,17H,10-11,13H2,1-2H3,(H,22,25)(H,23,24). The molecule has 0 bridgehead atoms. The van der Waals surface area contributed by atoms with E-state index in [4.69, 9.17) is 5.11 Å². The summed E-state index contributed by atoms with van der Waals surface area (Å²) in [5.74, 6) is -0.995. The second kappa shape index (κ2) is 8.42. The monoisotopic (exact) mass is 340 g/mol. The lowest BCUT2D eigenvalue weighted by Crippen LogP contribution is -2.46. The largest absolute Gasteiger partial charge is 0.481 e. The summed E-state index contributed by atoms with van der Waals surface area (Å²) < 4.78 is 0. The predicted octanol–water partition coefficient (Wildman–Crippen LogP) is 2.95. The van der Waals surface area contributed by atoms with Crippen molar-refractivity contribution < 1.29 is 14.7 Å². The third kappa shape index (κ3) is 5.41. The van der Waals surface area contributed by atoms with Crippen molar-refractivity contribution in [1.82, 2.24) is 10.3 Å². The number of aromatic nitrogens is 1. The van der Waals surface area contributed by atoms with E-state index in [-0.39, 0.29) is 18.4 Å². The number of amides is 1. The Labute approximate surface area is 148 Å². The van der Waals surface area contributed by atoms with Crippen molar-refractivity contribution in [3.05, 3.63) is 66.0 Å². The third-order valence-electron chi connectivity index (χ3n) is 4.32. The number of carbonyl (C=O) groups is 2. The van der Waals surface area contributed by atoms with E-state index in [9.17, 15) is 9.59 Å². The van der Waals surface area contributed by atoms with Crippen LogP contribution in [-0.2, 0) is 21.4 Å². The molecule has 0 aliphatic rings. The summed E-state index contributed by atoms with van der Waals surface area (Å²) in [5, 5.41) is 12.0. The maximum Gasteiger partial charge on any atom is 0.303 e. The number of hydrogen-bond acceptors (Lipinski definition) is 3. The van der Waals surface area contributed by atoms with E-state index in [1.54, 1.807) is 18.5 Å². The van der Waals surface area contributed by atoms with Crippen LogP contribution in [0.5, 0.6) is 0 Å². The van der Waals surface area contributed by atoms with Crippen LogP contribution < -0.4 is 5.32 Å². The number of pyridine rings is 1. The summed E-state index contributed by atoms with van der Waals surface area (Å²) in [6, 6.07) is 13.2. The summed E-state index contributed by atoms with van der Waals surface area (Å²) in [5.41, 5.74) is 1.15. The lowest BCUT2D eigenvalue weighted by atomic mass is 9.84. The van der Waals surface area contributed by atoms with E-state index in [0.717, 1.165) is 11.1 Å². The Kier molecular flexibility index (Phi) is 6.28. The van der Waals surface area contributed by atoms with Crippen molar-refractivity contribution in [2.75, 3.05) is 0 Å². The molecule has 1 unspecified atom stereocenters. The van der Waals surface area contributed by atoms with E-state index < -0.39 is 11.4 Å². The molecule has 2 rings (SSSR count). The fourth-order valence-corrected chi connectivity index (χ4v) is 2.65. The molecular formula is C20H24N2O3. The van der Waals surface area contributed by atoms with Crippen LogP contribution in [0.3, 0.4) is 0 Å². The molecule has 1 atom stereocenters. The smallest absolute Gasteiger partial charge is 0.303 e. The van der Waals surface area contributed by atoms with Crippen LogP contribution in [0.15, 0.2) is 54.9 Å². The van der Waals surface area contributed by atoms with Gasteiger partial charge in [0.2, 0.25) is 5.91 Å². The Balaban J connectivity index is 2.11. The molecule has 0 spiro atoms. The summed E-state index contributed by atoms with van der Waals surface area (Å²) in [4.78, 5) is 27.8. The van der Waals surface area contributed by atoms with E-state index >= 15 is 0 Å². The topological polar surface area (TPSA) is 79.3 Å². The van der Waals surface area contributed by atoms with Gasteiger partial charge in [0.15, 0.2) is 0 Å². The molecule has 2 N–H and O–H groups in total. The average Bonchev–Trinajstić information content (AvgIpc) is 2.61. The van der Waals surface area contributed by atoms with Gasteiger partial charge < -0.3 is 10.4 Å². The second-order valence-electron chi connectivity index (χ2n) is 6.66. The summed E-state index contributed by atoms with van der Waals surface area (Å²) in [6.07, 6.45) is 4.36. The zero-order valence-corrected chi connectivity index (χ0v) is 14.6. The zero-order valence-electron chi connectivity index (χ0n) is 14.6. The minimum Gasteiger partial charge on any atom is -0.481 e. The number of carbonyl (C=O) groups excluding carboxylic acids is 1. The van der Waals surface area contributed by atoms with Gasteiger partial charge in [0.05, 0.1) is 5.41 Å². The summed E-state index contributed by atoms with van der Waals surface area (Å²) in [7, 11) is 0. The normalized spacial score (nSPS) is 12.4. The number of nitrogens with zero attached hydrogens (tertiary/aromatic N) is 1. The Morgan fingerprint density at radius 1 is 1.16 bits per heavy atom. The third-order valence-corrected chi connectivity index (χ3v) is 4.32. The number of aliphatic carboxylic acids is 1. The summed E-state index contributed by atoms with van der Waals surface area (Å²) in [6.45, 7) is 3.69. The predicted molar refractivity (Wildman–Crippen MR) is 96.2 cm³/mol. The maximum atomic E-state index is 12.8. The first-order valence-electron chi connectivity index (χ1n) is 8.37. The molecule has 5 heteroatoms. The van der Waals surface area contributed by atoms with Crippen molar-refractivity contribution in [2.45, 2.75) is 44.6 Å². The molecule has 132 valence electrons. The number of nitrogens with one attached hydrogen (secondary N) is 1. The quantitative estimate of drug-likeness (QED) is 0.774. The Bertz CT molecular complexity index is 699. The fraction of sp³-hybridized carbons (Fsp3) is 0.350. The Morgan fingerprint density at radius 3 is 2.48 bits per heavy atom. The van der Waals surface area contributed by atoms with Gasteiger partial charge in [-0.3, -0.25) is 14.6 Å². The van der Waals surface area contributed by atoms with Crippen LogP contribution in [0.4, 0.5) is 0 Å². The molecule has 0 aliphatic heterocycles. The van der Waals surface area contributed by atoms with Gasteiger partial charge in [-0.2, -0.15) is 0 Å². The molecule has 1 aromatic carbocycles. The molecule has 0 saturated heterocycles. The lowest BCUT2D eigenvalue weighted by molar-refractivity contribution is -0.137. The molecule has 0 saturated carbocycles. The number of hydrogen-bond donors (Lipinski definition) is 2. The van der Waals surface area contributed by atoms with Crippen molar-refractivity contribution >= 4 is 11.9 Å². The van der Waals surface area contributed by atoms with Crippen molar-refractivity contribution in [3.63, 3.8) is 0 Å². The second-order valence-corrected chi connectivity index (χ2v) is 6.66. The minimum atomic E-state index is -0.862. The van der Waals surface area contributed by atoms with Gasteiger partial charge in [-0.25, -0.2) is 0 Å². The summed E-state index contributed by atoms with van der Waals surface area (Å²) >= 11 is 0. The first kappa shape index (κ1) is 18.6. The maximum absolute atomic E-state index is 12.8. The van der Waals surface area contributed by atoms with Gasteiger partial charge in [-0.1, -0.05) is 36.4 Å². The average molecular weight is 340 g/mol. The van der Waals surface area contributed by atoms with Gasteiger partial charge in [-0.05, 0) is 43.9 Å². The van der Waals surface area contributed by atoms with Crippen LogP contribution in [0.2, 0.25) is 0 Å². The van der Waals surface area contributed by atoms with Crippen molar-refractivity contribution in [1.29, 1.82) is 0 Å². The SMILES string of the molecule is CC(C)(C(=O)NC(CCC(=O)O)Cc1ccccc1)c1cccnc1. The first-order chi connectivity index (χ1) is 11.9. The molecule has 1 heterocycles. The Hall–Kier alpha value is -2.69. The molecule has 2 aromatic rings. The van der Waals surface area contributed by atoms with Gasteiger partial charge >= 0.3 is 5.97 Å². The highest BCUT2D eigenvalue weighted by Crippen LogP contribution is 2.23. The molecule has 0 radical (unpaired) electrons. The molecule has 5 nitrogen and oxygen atoms in total. The molecule has 25 heavy (non-hydrogen) atoms. The number of benzene rings is 1. The van der Waals surface area contributed by atoms with Crippen LogP contribution in [-0.4, -0.2) is 28.0 Å². The highest BCUT2D eigenvalue weighted by atomic mass is 16.4. The fourth-order valence-electron chi connectivity index (χ4n) is 2.65. The Morgan fingerprint density at radius 2 is 1.88 bits per heavy atom. The lowest BCUT2D eigenvalue weighted by Gasteiger charge is -2.27. The van der Waals surface area contributed by atoms with Gasteiger partial charge in [0, 0.05) is 24.9 Å².